The first-order valence-electron chi connectivity index (χ1n) is 9.26. The first kappa shape index (κ1) is 17.6. The largest absolute Gasteiger partial charge is 0.404 e. The lowest BCUT2D eigenvalue weighted by atomic mass is 9.86. The van der Waals surface area contributed by atoms with Crippen LogP contribution in [0, 0.1) is 0 Å². The summed E-state index contributed by atoms with van der Waals surface area (Å²) in [7, 11) is 0. The average molecular weight is 399 g/mol. The number of hydrogen-bond donors (Lipinski definition) is 1. The van der Waals surface area contributed by atoms with E-state index in [0.29, 0.717) is 18.9 Å². The Bertz CT molecular complexity index is 822. The van der Waals surface area contributed by atoms with Crippen molar-refractivity contribution in [1.29, 1.82) is 0 Å². The van der Waals surface area contributed by atoms with E-state index >= 15 is 0 Å². The van der Waals surface area contributed by atoms with E-state index in [1.165, 1.54) is 4.88 Å². The fraction of sp³-hybridized carbons (Fsp3) is 0.706. The van der Waals surface area contributed by atoms with Crippen LogP contribution in [0.4, 0.5) is 13.2 Å². The fourth-order valence-electron chi connectivity index (χ4n) is 3.93. The number of likely N-dealkylation sites (tertiary alicyclic amines) is 1. The van der Waals surface area contributed by atoms with E-state index in [0.717, 1.165) is 43.1 Å². The summed E-state index contributed by atoms with van der Waals surface area (Å²) >= 11 is 1.59. The summed E-state index contributed by atoms with van der Waals surface area (Å²) in [6.45, 7) is 2.30. The molecule has 1 N–H and O–H groups in total. The second-order valence-corrected chi connectivity index (χ2v) is 8.84. The number of hydrogen-bond acceptors (Lipinski definition) is 7. The lowest BCUT2D eigenvalue weighted by Gasteiger charge is -2.28. The molecule has 1 aliphatic carbocycles. The number of halogens is 3. The first-order valence-corrected chi connectivity index (χ1v) is 10.1. The molecule has 6 nitrogen and oxygen atoms in total. The van der Waals surface area contributed by atoms with Crippen LogP contribution < -0.4 is 5.32 Å². The van der Waals surface area contributed by atoms with Crippen molar-refractivity contribution < 1.29 is 17.7 Å². The molecule has 0 bridgehead atoms. The molecule has 1 saturated heterocycles. The SMILES string of the molecule is FC(F)(F)C1(c2nc(C3CC3)no2)CCN(Cc2nc3c(s2)CNCC3)C1. The van der Waals surface area contributed by atoms with Crippen molar-refractivity contribution in [3.05, 3.63) is 27.3 Å². The van der Waals surface area contributed by atoms with Crippen LogP contribution in [0.5, 0.6) is 0 Å². The van der Waals surface area contributed by atoms with Gasteiger partial charge in [-0.1, -0.05) is 5.16 Å². The minimum Gasteiger partial charge on any atom is -0.338 e. The lowest BCUT2D eigenvalue weighted by Crippen LogP contribution is -2.45. The zero-order valence-corrected chi connectivity index (χ0v) is 15.5. The molecule has 2 aliphatic heterocycles. The van der Waals surface area contributed by atoms with Gasteiger partial charge in [-0.15, -0.1) is 11.3 Å². The Morgan fingerprint density at radius 1 is 1.30 bits per heavy atom. The molecule has 2 aromatic rings. The van der Waals surface area contributed by atoms with E-state index in [2.05, 4.69) is 20.4 Å². The Morgan fingerprint density at radius 2 is 2.15 bits per heavy atom. The highest BCUT2D eigenvalue weighted by Crippen LogP contribution is 2.48. The normalized spacial score (nSPS) is 26.5. The standard InChI is InChI=1S/C17H20F3N5OS/c18-17(19,20)16(15-23-14(24-26-15)10-1-2-10)4-6-25(9-16)8-13-22-11-3-5-21-7-12(11)27-13/h10,21H,1-9H2. The highest BCUT2D eigenvalue weighted by Gasteiger charge is 2.63. The van der Waals surface area contributed by atoms with Gasteiger partial charge < -0.3 is 9.84 Å². The number of alkyl halides is 3. The maximum atomic E-state index is 14.0. The van der Waals surface area contributed by atoms with Gasteiger partial charge >= 0.3 is 6.18 Å². The van der Waals surface area contributed by atoms with Crippen molar-refractivity contribution in [2.24, 2.45) is 0 Å². The van der Waals surface area contributed by atoms with Gasteiger partial charge in [0.25, 0.3) is 0 Å². The lowest BCUT2D eigenvalue weighted by molar-refractivity contribution is -0.193. The van der Waals surface area contributed by atoms with Crippen LogP contribution in [0.25, 0.3) is 0 Å². The van der Waals surface area contributed by atoms with E-state index in [-0.39, 0.29) is 24.8 Å². The predicted octanol–water partition coefficient (Wildman–Crippen LogP) is 2.76. The Kier molecular flexibility index (Phi) is 4.07. The summed E-state index contributed by atoms with van der Waals surface area (Å²) in [5, 5.41) is 7.99. The topological polar surface area (TPSA) is 67.1 Å². The van der Waals surface area contributed by atoms with Gasteiger partial charge in [-0.25, -0.2) is 4.98 Å². The molecule has 4 heterocycles. The number of aromatic nitrogens is 3. The van der Waals surface area contributed by atoms with Gasteiger partial charge in [-0.2, -0.15) is 18.2 Å². The molecular weight excluding hydrogens is 379 g/mol. The van der Waals surface area contributed by atoms with E-state index in [9.17, 15) is 13.2 Å². The number of rotatable bonds is 4. The number of fused-ring (bicyclic) bond motifs is 1. The summed E-state index contributed by atoms with van der Waals surface area (Å²) < 4.78 is 47.3. The Labute approximate surface area is 158 Å². The monoisotopic (exact) mass is 399 g/mol. The van der Waals surface area contributed by atoms with E-state index in [4.69, 9.17) is 4.52 Å². The molecule has 0 amide bonds. The smallest absolute Gasteiger partial charge is 0.338 e. The van der Waals surface area contributed by atoms with E-state index in [1.807, 2.05) is 4.90 Å². The van der Waals surface area contributed by atoms with E-state index < -0.39 is 11.6 Å². The van der Waals surface area contributed by atoms with Crippen LogP contribution in [-0.2, 0) is 24.9 Å². The van der Waals surface area contributed by atoms with E-state index in [1.54, 1.807) is 11.3 Å². The molecule has 27 heavy (non-hydrogen) atoms. The molecule has 2 aromatic heterocycles. The third-order valence-electron chi connectivity index (χ3n) is 5.69. The van der Waals surface area contributed by atoms with Crippen molar-refractivity contribution in [2.45, 2.75) is 56.3 Å². The van der Waals surface area contributed by atoms with Crippen LogP contribution in [0.2, 0.25) is 0 Å². The molecule has 1 unspecified atom stereocenters. The summed E-state index contributed by atoms with van der Waals surface area (Å²) in [5.74, 6) is 0.315. The van der Waals surface area contributed by atoms with Gasteiger partial charge in [0.1, 0.15) is 5.01 Å². The van der Waals surface area contributed by atoms with Crippen molar-refractivity contribution in [1.82, 2.24) is 25.3 Å². The van der Waals surface area contributed by atoms with Crippen LogP contribution in [0.1, 0.15) is 52.5 Å². The molecule has 1 saturated carbocycles. The highest BCUT2D eigenvalue weighted by molar-refractivity contribution is 7.11. The Hall–Kier alpha value is -1.52. The van der Waals surface area contributed by atoms with Crippen LogP contribution in [0.15, 0.2) is 4.52 Å². The van der Waals surface area contributed by atoms with Gasteiger partial charge in [0.05, 0.1) is 12.2 Å². The first-order chi connectivity index (χ1) is 12.9. The number of nitrogens with zero attached hydrogens (tertiary/aromatic N) is 4. The molecule has 5 rings (SSSR count). The summed E-state index contributed by atoms with van der Waals surface area (Å²) in [6, 6.07) is 0. The minimum absolute atomic E-state index is 0.0601. The molecule has 0 spiro atoms. The van der Waals surface area contributed by atoms with Gasteiger partial charge in [-0.05, 0) is 19.3 Å². The zero-order chi connectivity index (χ0) is 18.6. The third-order valence-corrected chi connectivity index (χ3v) is 6.77. The average Bonchev–Trinajstić information content (AvgIpc) is 3.06. The summed E-state index contributed by atoms with van der Waals surface area (Å²) in [5.41, 5.74) is -0.994. The maximum Gasteiger partial charge on any atom is 0.404 e. The molecule has 146 valence electrons. The third kappa shape index (κ3) is 3.07. The summed E-state index contributed by atoms with van der Waals surface area (Å²) in [4.78, 5) is 11.8. The molecule has 3 aliphatic rings. The molecule has 1 atom stereocenters. The van der Waals surface area contributed by atoms with Gasteiger partial charge in [0.15, 0.2) is 11.2 Å². The molecular formula is C17H20F3N5OS. The maximum absolute atomic E-state index is 14.0. The van der Waals surface area contributed by atoms with Crippen molar-refractivity contribution in [3.8, 4) is 0 Å². The van der Waals surface area contributed by atoms with Crippen molar-refractivity contribution in [2.75, 3.05) is 19.6 Å². The Balaban J connectivity index is 1.37. The van der Waals surface area contributed by atoms with Crippen molar-refractivity contribution in [3.63, 3.8) is 0 Å². The molecule has 0 aromatic carbocycles. The van der Waals surface area contributed by atoms with Crippen molar-refractivity contribution >= 4 is 11.3 Å². The van der Waals surface area contributed by atoms with Gasteiger partial charge in [-0.3, -0.25) is 4.90 Å². The quantitative estimate of drug-likeness (QED) is 0.853. The van der Waals surface area contributed by atoms with Gasteiger partial charge in [0, 0.05) is 43.4 Å². The number of nitrogens with one attached hydrogen (secondary N) is 1. The second-order valence-electron chi connectivity index (χ2n) is 7.68. The molecule has 2 fully saturated rings. The van der Waals surface area contributed by atoms with Gasteiger partial charge in [0.2, 0.25) is 5.89 Å². The highest BCUT2D eigenvalue weighted by atomic mass is 32.1. The second kappa shape index (κ2) is 6.25. The number of thiazole rings is 1. The van der Waals surface area contributed by atoms with Crippen LogP contribution in [-0.4, -0.2) is 45.8 Å². The molecule has 0 radical (unpaired) electrons. The Morgan fingerprint density at radius 3 is 2.89 bits per heavy atom. The summed E-state index contributed by atoms with van der Waals surface area (Å²) in [6.07, 6.45) is -1.76. The van der Waals surface area contributed by atoms with Crippen LogP contribution in [0.3, 0.4) is 0 Å². The zero-order valence-electron chi connectivity index (χ0n) is 14.7. The predicted molar refractivity (Wildman–Crippen MR) is 91.4 cm³/mol. The fourth-order valence-corrected chi connectivity index (χ4v) is 5.05. The van der Waals surface area contributed by atoms with Crippen LogP contribution >= 0.6 is 11.3 Å². The minimum atomic E-state index is -4.43. The molecule has 10 heteroatoms.